The molecule has 2 aromatic heterocycles. The highest BCUT2D eigenvalue weighted by atomic mass is 16.2. The average molecular weight is 343 g/mol. The Morgan fingerprint density at radius 3 is 2.88 bits per heavy atom. The first-order valence-electron chi connectivity index (χ1n) is 9.38. The van der Waals surface area contributed by atoms with Crippen LogP contribution in [0.5, 0.6) is 0 Å². The first-order chi connectivity index (χ1) is 12.3. The van der Waals surface area contributed by atoms with E-state index in [-0.39, 0.29) is 6.04 Å². The third kappa shape index (κ3) is 3.57. The summed E-state index contributed by atoms with van der Waals surface area (Å²) in [6, 6.07) is 0.248. The molecule has 134 valence electrons. The molecule has 4 rings (SSSR count). The number of nitrogens with zero attached hydrogens (tertiary/aromatic N) is 6. The van der Waals surface area contributed by atoms with Gasteiger partial charge < -0.3 is 10.2 Å². The predicted octanol–water partition coefficient (Wildman–Crippen LogP) is 1.89. The van der Waals surface area contributed by atoms with Gasteiger partial charge >= 0.3 is 0 Å². The van der Waals surface area contributed by atoms with E-state index < -0.39 is 0 Å². The molecule has 0 radical (unpaired) electrons. The molecule has 2 atom stereocenters. The van der Waals surface area contributed by atoms with Crippen LogP contribution in [0.4, 0.5) is 5.82 Å². The van der Waals surface area contributed by atoms with Crippen LogP contribution in [0.25, 0.3) is 5.65 Å². The number of tetrazole rings is 1. The number of likely N-dealkylation sites (tertiary alicyclic amines) is 1. The third-order valence-electron chi connectivity index (χ3n) is 5.49. The number of anilines is 1. The highest BCUT2D eigenvalue weighted by Crippen LogP contribution is 2.30. The second-order valence-electron chi connectivity index (χ2n) is 7.16. The van der Waals surface area contributed by atoms with Crippen molar-refractivity contribution in [2.24, 2.45) is 5.92 Å². The average Bonchev–Trinajstić information content (AvgIpc) is 3.14. The molecule has 2 aromatic rings. The maximum absolute atomic E-state index is 12.7. The summed E-state index contributed by atoms with van der Waals surface area (Å²) in [6.07, 6.45) is 12.1. The van der Waals surface area contributed by atoms with E-state index >= 15 is 0 Å². The van der Waals surface area contributed by atoms with E-state index in [1.165, 1.54) is 19.3 Å². The third-order valence-corrected chi connectivity index (χ3v) is 5.49. The molecule has 1 aliphatic heterocycles. The first kappa shape index (κ1) is 16.2. The van der Waals surface area contributed by atoms with E-state index in [2.05, 4.69) is 30.7 Å². The summed E-state index contributed by atoms with van der Waals surface area (Å²) >= 11 is 0. The molecule has 8 nitrogen and oxygen atoms in total. The molecular weight excluding hydrogens is 318 g/mol. The summed E-state index contributed by atoms with van der Waals surface area (Å²) in [7, 11) is 0. The normalized spacial score (nSPS) is 24.4. The molecule has 2 fully saturated rings. The van der Waals surface area contributed by atoms with Crippen LogP contribution in [0.3, 0.4) is 0 Å². The number of carbonyl (C=O) groups excluding carboxylic acids is 1. The van der Waals surface area contributed by atoms with E-state index in [1.807, 2.05) is 0 Å². The molecule has 0 aromatic carbocycles. The fourth-order valence-electron chi connectivity index (χ4n) is 4.09. The van der Waals surface area contributed by atoms with Crippen LogP contribution >= 0.6 is 0 Å². The van der Waals surface area contributed by atoms with Crippen molar-refractivity contribution in [1.29, 1.82) is 0 Å². The van der Waals surface area contributed by atoms with Gasteiger partial charge in [0.25, 0.3) is 0 Å². The van der Waals surface area contributed by atoms with Crippen LogP contribution in [-0.2, 0) is 4.79 Å². The van der Waals surface area contributed by atoms with Crippen molar-refractivity contribution in [2.75, 3.05) is 18.4 Å². The number of hydrogen-bond donors (Lipinski definition) is 1. The Labute approximate surface area is 147 Å². The molecule has 1 amide bonds. The summed E-state index contributed by atoms with van der Waals surface area (Å²) < 4.78 is 1.62. The minimum absolute atomic E-state index is 0.248. The van der Waals surface area contributed by atoms with Gasteiger partial charge in [-0.25, -0.2) is 4.98 Å². The molecule has 2 aliphatic rings. The molecule has 1 saturated heterocycles. The molecule has 0 unspecified atom stereocenters. The summed E-state index contributed by atoms with van der Waals surface area (Å²) in [5, 5.41) is 15.2. The van der Waals surface area contributed by atoms with E-state index in [4.69, 9.17) is 0 Å². The van der Waals surface area contributed by atoms with Crippen LogP contribution in [-0.4, -0.2) is 55.0 Å². The minimum Gasteiger partial charge on any atom is -0.364 e. The van der Waals surface area contributed by atoms with E-state index in [9.17, 15) is 4.79 Å². The molecule has 25 heavy (non-hydrogen) atoms. The monoisotopic (exact) mass is 343 g/mol. The van der Waals surface area contributed by atoms with Crippen molar-refractivity contribution in [3.63, 3.8) is 0 Å². The Balaban J connectivity index is 1.45. The number of fused-ring (bicyclic) bond motifs is 1. The van der Waals surface area contributed by atoms with Gasteiger partial charge in [0.2, 0.25) is 11.6 Å². The van der Waals surface area contributed by atoms with Gasteiger partial charge in [0.05, 0.1) is 6.20 Å². The number of hydrogen-bond acceptors (Lipinski definition) is 6. The van der Waals surface area contributed by atoms with Crippen LogP contribution < -0.4 is 5.32 Å². The van der Waals surface area contributed by atoms with Gasteiger partial charge in [0.15, 0.2) is 5.82 Å². The molecule has 3 heterocycles. The largest absolute Gasteiger partial charge is 0.364 e. The van der Waals surface area contributed by atoms with E-state index in [0.29, 0.717) is 29.7 Å². The lowest BCUT2D eigenvalue weighted by Crippen LogP contribution is -2.40. The topological polar surface area (TPSA) is 88.3 Å². The lowest BCUT2D eigenvalue weighted by Gasteiger charge is -2.34. The quantitative estimate of drug-likeness (QED) is 0.912. The Kier molecular flexibility index (Phi) is 4.76. The zero-order valence-corrected chi connectivity index (χ0v) is 14.5. The van der Waals surface area contributed by atoms with E-state index in [0.717, 1.165) is 38.8 Å². The Morgan fingerprint density at radius 1 is 1.16 bits per heavy atom. The number of piperidine rings is 1. The molecule has 0 spiro atoms. The summed E-state index contributed by atoms with van der Waals surface area (Å²) in [5.74, 6) is 1.37. The van der Waals surface area contributed by atoms with Gasteiger partial charge in [-0.05, 0) is 48.4 Å². The van der Waals surface area contributed by atoms with Crippen LogP contribution in [0, 0.1) is 5.92 Å². The highest BCUT2D eigenvalue weighted by Gasteiger charge is 2.30. The zero-order chi connectivity index (χ0) is 17.1. The molecule has 1 N–H and O–H groups in total. The molecular formula is C17H25N7O. The van der Waals surface area contributed by atoms with Gasteiger partial charge in [-0.1, -0.05) is 12.8 Å². The lowest BCUT2D eigenvalue weighted by atomic mass is 9.82. The fraction of sp³-hybridized carbons (Fsp3) is 0.706. The lowest BCUT2D eigenvalue weighted by molar-refractivity contribution is -0.133. The Hall–Kier alpha value is -2.25. The van der Waals surface area contributed by atoms with Crippen molar-refractivity contribution in [2.45, 2.75) is 57.4 Å². The molecule has 8 heteroatoms. The SMILES string of the molecule is O=C(C[C@@H]1CCCC[C@@H]1Nc1nccn2nnnc12)N1CCCCC1. The summed E-state index contributed by atoms with van der Waals surface area (Å²) in [6.45, 7) is 1.85. The van der Waals surface area contributed by atoms with Gasteiger partial charge in [-0.2, -0.15) is 4.52 Å². The molecule has 1 aliphatic carbocycles. The van der Waals surface area contributed by atoms with Crippen molar-refractivity contribution in [3.05, 3.63) is 12.4 Å². The first-order valence-corrected chi connectivity index (χ1v) is 9.38. The highest BCUT2D eigenvalue weighted by molar-refractivity contribution is 5.76. The maximum Gasteiger partial charge on any atom is 0.222 e. The molecule has 0 bridgehead atoms. The van der Waals surface area contributed by atoms with Crippen LogP contribution in [0.1, 0.15) is 51.4 Å². The predicted molar refractivity (Wildman–Crippen MR) is 93.0 cm³/mol. The van der Waals surface area contributed by atoms with Gasteiger partial charge in [-0.3, -0.25) is 4.79 Å². The number of aromatic nitrogens is 5. The number of rotatable bonds is 4. The second kappa shape index (κ2) is 7.33. The Bertz CT molecular complexity index is 725. The van der Waals surface area contributed by atoms with E-state index in [1.54, 1.807) is 16.9 Å². The minimum atomic E-state index is 0.248. The number of amides is 1. The summed E-state index contributed by atoms with van der Waals surface area (Å²) in [4.78, 5) is 19.1. The van der Waals surface area contributed by atoms with Crippen molar-refractivity contribution in [3.8, 4) is 0 Å². The second-order valence-corrected chi connectivity index (χ2v) is 7.16. The van der Waals surface area contributed by atoms with Crippen molar-refractivity contribution < 1.29 is 4.79 Å². The standard InChI is InChI=1S/C17H25N7O/c25-15(23-9-4-1-5-10-23)12-13-6-2-3-7-14(13)19-16-17-20-21-22-24(17)11-8-18-16/h8,11,13-14H,1-7,9-10,12H2,(H,18,19)/t13-,14-/m0/s1. The fourth-order valence-corrected chi connectivity index (χ4v) is 4.09. The zero-order valence-electron chi connectivity index (χ0n) is 14.5. The van der Waals surface area contributed by atoms with Gasteiger partial charge in [-0.15, -0.1) is 5.10 Å². The Morgan fingerprint density at radius 2 is 2.00 bits per heavy atom. The number of carbonyl (C=O) groups is 1. The van der Waals surface area contributed by atoms with Crippen LogP contribution in [0.15, 0.2) is 12.4 Å². The summed E-state index contributed by atoms with van der Waals surface area (Å²) in [5.41, 5.74) is 0.634. The van der Waals surface area contributed by atoms with Crippen molar-refractivity contribution in [1.82, 2.24) is 29.9 Å². The molecule has 1 saturated carbocycles. The maximum atomic E-state index is 12.7. The van der Waals surface area contributed by atoms with Gasteiger partial charge in [0, 0.05) is 31.7 Å². The number of nitrogens with one attached hydrogen (secondary N) is 1. The van der Waals surface area contributed by atoms with Gasteiger partial charge in [0.1, 0.15) is 0 Å². The van der Waals surface area contributed by atoms with Crippen molar-refractivity contribution >= 4 is 17.4 Å². The smallest absolute Gasteiger partial charge is 0.222 e. The van der Waals surface area contributed by atoms with Crippen LogP contribution in [0.2, 0.25) is 0 Å².